The van der Waals surface area contributed by atoms with Gasteiger partial charge in [0.25, 0.3) is 5.91 Å². The van der Waals surface area contributed by atoms with E-state index in [2.05, 4.69) is 33.8 Å². The standard InChI is InChI=1S/C28H29N3O3/c1-19(2)34-22-14-12-21(13-15-22)28(33)31-18-27(32)30-16-24(20-8-4-3-5-9-20)25-17-29-26-11-7-6-10-23(25)26/h3-15,17,19,24,29H,16,18H2,1-2H3,(H,30,32)(H,31,33). The minimum absolute atomic E-state index is 0.0227. The Morgan fingerprint density at radius 2 is 1.59 bits per heavy atom. The molecule has 2 amide bonds. The number of hydrogen-bond donors (Lipinski definition) is 3. The summed E-state index contributed by atoms with van der Waals surface area (Å²) < 4.78 is 5.60. The first-order valence-corrected chi connectivity index (χ1v) is 11.4. The summed E-state index contributed by atoms with van der Waals surface area (Å²) in [5.74, 6) is 0.135. The van der Waals surface area contributed by atoms with Crippen LogP contribution in [-0.4, -0.2) is 36.0 Å². The molecule has 0 spiro atoms. The zero-order valence-corrected chi connectivity index (χ0v) is 19.4. The normalized spacial score (nSPS) is 11.9. The Morgan fingerprint density at radius 1 is 0.882 bits per heavy atom. The Balaban J connectivity index is 1.38. The van der Waals surface area contributed by atoms with Gasteiger partial charge in [0.05, 0.1) is 12.6 Å². The largest absolute Gasteiger partial charge is 0.491 e. The number of carbonyl (C=O) groups excluding carboxylic acids is 2. The molecule has 6 nitrogen and oxygen atoms in total. The van der Waals surface area contributed by atoms with Crippen molar-refractivity contribution in [1.82, 2.24) is 15.6 Å². The third-order valence-electron chi connectivity index (χ3n) is 5.60. The Hall–Kier alpha value is -4.06. The fraction of sp³-hybridized carbons (Fsp3) is 0.214. The quantitative estimate of drug-likeness (QED) is 0.344. The monoisotopic (exact) mass is 455 g/mol. The van der Waals surface area contributed by atoms with Crippen molar-refractivity contribution < 1.29 is 14.3 Å². The summed E-state index contributed by atoms with van der Waals surface area (Å²) in [7, 11) is 0. The van der Waals surface area contributed by atoms with Crippen LogP contribution in [-0.2, 0) is 4.79 Å². The third kappa shape index (κ3) is 5.64. The number of para-hydroxylation sites is 1. The molecule has 0 aliphatic carbocycles. The van der Waals surface area contributed by atoms with Gasteiger partial charge in [-0.3, -0.25) is 9.59 Å². The van der Waals surface area contributed by atoms with E-state index in [1.807, 2.05) is 56.4 Å². The minimum atomic E-state index is -0.303. The van der Waals surface area contributed by atoms with Crippen LogP contribution >= 0.6 is 0 Å². The van der Waals surface area contributed by atoms with Crippen molar-refractivity contribution in [3.05, 3.63) is 102 Å². The number of carbonyl (C=O) groups is 2. The Kier molecular flexibility index (Phi) is 7.28. The molecule has 0 saturated carbocycles. The van der Waals surface area contributed by atoms with Crippen molar-refractivity contribution in [3.63, 3.8) is 0 Å². The molecule has 1 atom stereocenters. The zero-order chi connectivity index (χ0) is 23.9. The predicted octanol–water partition coefficient (Wildman–Crippen LogP) is 4.63. The average molecular weight is 456 g/mol. The number of amides is 2. The van der Waals surface area contributed by atoms with Gasteiger partial charge in [-0.25, -0.2) is 0 Å². The lowest BCUT2D eigenvalue weighted by atomic mass is 9.91. The first kappa shape index (κ1) is 23.1. The number of fused-ring (bicyclic) bond motifs is 1. The molecule has 1 aromatic heterocycles. The third-order valence-corrected chi connectivity index (χ3v) is 5.60. The van der Waals surface area contributed by atoms with Gasteiger partial charge in [0.2, 0.25) is 5.91 Å². The van der Waals surface area contributed by atoms with E-state index in [4.69, 9.17) is 4.74 Å². The molecule has 4 rings (SSSR count). The number of benzene rings is 3. The molecule has 3 aromatic carbocycles. The van der Waals surface area contributed by atoms with E-state index in [-0.39, 0.29) is 30.4 Å². The summed E-state index contributed by atoms with van der Waals surface area (Å²) in [5, 5.41) is 6.80. The van der Waals surface area contributed by atoms with Crippen LogP contribution in [0, 0.1) is 0 Å². The number of aromatic amines is 1. The van der Waals surface area contributed by atoms with Gasteiger partial charge in [-0.2, -0.15) is 0 Å². The van der Waals surface area contributed by atoms with Gasteiger partial charge >= 0.3 is 0 Å². The highest BCUT2D eigenvalue weighted by Gasteiger charge is 2.19. The van der Waals surface area contributed by atoms with E-state index in [1.54, 1.807) is 24.3 Å². The molecule has 6 heteroatoms. The van der Waals surface area contributed by atoms with Crippen molar-refractivity contribution in [3.8, 4) is 5.75 Å². The number of ether oxygens (including phenoxy) is 1. The smallest absolute Gasteiger partial charge is 0.251 e. The second kappa shape index (κ2) is 10.7. The molecule has 174 valence electrons. The predicted molar refractivity (Wildman–Crippen MR) is 134 cm³/mol. The highest BCUT2D eigenvalue weighted by Crippen LogP contribution is 2.30. The van der Waals surface area contributed by atoms with Crippen LogP contribution in [0.3, 0.4) is 0 Å². The summed E-state index contributed by atoms with van der Waals surface area (Å²) in [4.78, 5) is 28.3. The second-order valence-electron chi connectivity index (χ2n) is 8.43. The Bertz CT molecular complexity index is 1250. The number of hydrogen-bond acceptors (Lipinski definition) is 3. The van der Waals surface area contributed by atoms with E-state index < -0.39 is 0 Å². The van der Waals surface area contributed by atoms with E-state index >= 15 is 0 Å². The molecule has 0 bridgehead atoms. The summed E-state index contributed by atoms with van der Waals surface area (Å²) in [6.07, 6.45) is 2.07. The topological polar surface area (TPSA) is 83.2 Å². The van der Waals surface area contributed by atoms with Crippen LogP contribution < -0.4 is 15.4 Å². The van der Waals surface area contributed by atoms with Gasteiger partial charge in [0.1, 0.15) is 5.75 Å². The lowest BCUT2D eigenvalue weighted by molar-refractivity contribution is -0.120. The fourth-order valence-electron chi connectivity index (χ4n) is 3.97. The van der Waals surface area contributed by atoms with Crippen LogP contribution in [0.2, 0.25) is 0 Å². The van der Waals surface area contributed by atoms with Crippen molar-refractivity contribution in [2.45, 2.75) is 25.9 Å². The van der Waals surface area contributed by atoms with Crippen molar-refractivity contribution in [2.75, 3.05) is 13.1 Å². The molecule has 1 heterocycles. The molecule has 4 aromatic rings. The first-order chi connectivity index (χ1) is 16.5. The van der Waals surface area contributed by atoms with E-state index in [9.17, 15) is 9.59 Å². The summed E-state index contributed by atoms with van der Waals surface area (Å²) in [6, 6.07) is 25.1. The molecule has 0 aliphatic heterocycles. The average Bonchev–Trinajstić information content (AvgIpc) is 3.27. The number of rotatable bonds is 9. The van der Waals surface area contributed by atoms with Gasteiger partial charge in [-0.05, 0) is 55.3 Å². The highest BCUT2D eigenvalue weighted by molar-refractivity contribution is 5.96. The molecule has 0 saturated heterocycles. The van der Waals surface area contributed by atoms with Gasteiger partial charge < -0.3 is 20.4 Å². The van der Waals surface area contributed by atoms with E-state index in [0.29, 0.717) is 17.9 Å². The van der Waals surface area contributed by atoms with Crippen LogP contribution in [0.15, 0.2) is 85.1 Å². The van der Waals surface area contributed by atoms with Gasteiger partial charge in [-0.15, -0.1) is 0 Å². The lowest BCUT2D eigenvalue weighted by Gasteiger charge is -2.18. The fourth-order valence-corrected chi connectivity index (χ4v) is 3.97. The van der Waals surface area contributed by atoms with Crippen LogP contribution in [0.5, 0.6) is 5.75 Å². The maximum absolute atomic E-state index is 12.6. The molecule has 0 aliphatic rings. The summed E-state index contributed by atoms with van der Waals surface area (Å²) >= 11 is 0. The number of H-pyrrole nitrogens is 1. The zero-order valence-electron chi connectivity index (χ0n) is 19.4. The minimum Gasteiger partial charge on any atom is -0.491 e. The number of nitrogens with one attached hydrogen (secondary N) is 3. The molecule has 3 N–H and O–H groups in total. The van der Waals surface area contributed by atoms with Crippen LogP contribution in [0.25, 0.3) is 10.9 Å². The summed E-state index contributed by atoms with van der Waals surface area (Å²) in [5.41, 5.74) is 3.77. The molecule has 34 heavy (non-hydrogen) atoms. The second-order valence-corrected chi connectivity index (χ2v) is 8.43. The Labute approximate surface area is 199 Å². The molecule has 1 unspecified atom stereocenters. The molecular weight excluding hydrogens is 426 g/mol. The maximum atomic E-state index is 12.6. The summed E-state index contributed by atoms with van der Waals surface area (Å²) in [6.45, 7) is 4.21. The Morgan fingerprint density at radius 3 is 2.32 bits per heavy atom. The molecule has 0 radical (unpaired) electrons. The molecular formula is C28H29N3O3. The van der Waals surface area contributed by atoms with Crippen molar-refractivity contribution in [2.24, 2.45) is 0 Å². The van der Waals surface area contributed by atoms with Crippen LogP contribution in [0.1, 0.15) is 41.3 Å². The number of aromatic nitrogens is 1. The first-order valence-electron chi connectivity index (χ1n) is 11.4. The van der Waals surface area contributed by atoms with Crippen molar-refractivity contribution in [1.29, 1.82) is 0 Å². The van der Waals surface area contributed by atoms with Gasteiger partial charge in [0.15, 0.2) is 0 Å². The van der Waals surface area contributed by atoms with Crippen molar-refractivity contribution >= 4 is 22.7 Å². The maximum Gasteiger partial charge on any atom is 0.251 e. The lowest BCUT2D eigenvalue weighted by Crippen LogP contribution is -2.38. The van der Waals surface area contributed by atoms with E-state index in [0.717, 1.165) is 22.0 Å². The van der Waals surface area contributed by atoms with E-state index in [1.165, 1.54) is 0 Å². The molecule has 0 fully saturated rings. The SMILES string of the molecule is CC(C)Oc1ccc(C(=O)NCC(=O)NCC(c2ccccc2)c2c[nH]c3ccccc23)cc1. The van der Waals surface area contributed by atoms with Gasteiger partial charge in [0, 0.05) is 35.1 Å². The van der Waals surface area contributed by atoms with Crippen LogP contribution in [0.4, 0.5) is 0 Å². The highest BCUT2D eigenvalue weighted by atomic mass is 16.5. The van der Waals surface area contributed by atoms with Gasteiger partial charge in [-0.1, -0.05) is 48.5 Å².